The molecule has 0 unspecified atom stereocenters. The Morgan fingerprint density at radius 3 is 2.50 bits per heavy atom. The van der Waals surface area contributed by atoms with Gasteiger partial charge in [-0.25, -0.2) is 8.78 Å². The van der Waals surface area contributed by atoms with Crippen LogP contribution >= 0.6 is 0 Å². The average Bonchev–Trinajstić information content (AvgIpc) is 3.01. The van der Waals surface area contributed by atoms with E-state index in [1.54, 1.807) is 0 Å². The van der Waals surface area contributed by atoms with Crippen LogP contribution in [0.1, 0.15) is 21.6 Å². The first-order chi connectivity index (χ1) is 13.4. The summed E-state index contributed by atoms with van der Waals surface area (Å²) in [6.45, 7) is 1.68. The molecule has 6 nitrogen and oxygen atoms in total. The predicted octanol–water partition coefficient (Wildman–Crippen LogP) is 3.21. The van der Waals surface area contributed by atoms with Crippen LogP contribution in [0.2, 0.25) is 0 Å². The van der Waals surface area contributed by atoms with E-state index in [1.807, 2.05) is 25.2 Å². The number of nitrogens with two attached hydrogens (primary N) is 1. The minimum atomic E-state index is -0.795. The van der Waals surface area contributed by atoms with Crippen LogP contribution < -0.4 is 11.1 Å². The third-order valence-corrected chi connectivity index (χ3v) is 4.61. The molecule has 1 amide bonds. The second kappa shape index (κ2) is 6.97. The number of rotatable bonds is 4. The van der Waals surface area contributed by atoms with Gasteiger partial charge in [0.05, 0.1) is 11.3 Å². The molecule has 8 heteroatoms. The molecule has 3 aromatic rings. The lowest BCUT2D eigenvalue weighted by Crippen LogP contribution is -2.16. The number of halogens is 2. The topological polar surface area (TPSA) is 84.1 Å². The molecule has 142 valence electrons. The van der Waals surface area contributed by atoms with Crippen molar-refractivity contribution in [2.24, 2.45) is 5.73 Å². The smallest absolute Gasteiger partial charge is 0.271 e. The highest BCUT2D eigenvalue weighted by Crippen LogP contribution is 2.30. The first-order valence-corrected chi connectivity index (χ1v) is 8.61. The maximum Gasteiger partial charge on any atom is 0.271 e. The average molecular weight is 381 g/mol. The van der Waals surface area contributed by atoms with Crippen molar-refractivity contribution in [3.8, 4) is 11.3 Å². The number of nitrogens with zero attached hydrogens (tertiary/aromatic N) is 3. The Kier molecular flexibility index (Phi) is 4.48. The summed E-state index contributed by atoms with van der Waals surface area (Å²) in [6.07, 6.45) is 0. The largest absolute Gasteiger partial charge is 0.364 e. The number of hydrogen-bond donors (Lipinski definition) is 2. The molecule has 1 aliphatic heterocycles. The summed E-state index contributed by atoms with van der Waals surface area (Å²) in [6, 6.07) is 10.7. The lowest BCUT2D eigenvalue weighted by molar-refractivity contribution is 0.0995. The van der Waals surface area contributed by atoms with Crippen molar-refractivity contribution < 1.29 is 13.6 Å². The second-order valence-corrected chi connectivity index (χ2v) is 6.73. The number of carbonyl (C=O) groups is 1. The van der Waals surface area contributed by atoms with Crippen molar-refractivity contribution in [1.82, 2.24) is 15.1 Å². The Hall–Kier alpha value is -3.39. The van der Waals surface area contributed by atoms with E-state index in [9.17, 15) is 13.6 Å². The number of nitrogens with one attached hydrogen (secondary N) is 1. The monoisotopic (exact) mass is 381 g/mol. The van der Waals surface area contributed by atoms with Crippen LogP contribution in [-0.2, 0) is 13.1 Å². The van der Waals surface area contributed by atoms with E-state index in [0.29, 0.717) is 5.69 Å². The van der Waals surface area contributed by atoms with Gasteiger partial charge in [-0.15, -0.1) is 10.2 Å². The first kappa shape index (κ1) is 18.0. The number of anilines is 2. The summed E-state index contributed by atoms with van der Waals surface area (Å²) in [5, 5.41) is 10.7. The van der Waals surface area contributed by atoms with Crippen LogP contribution in [0, 0.1) is 11.6 Å². The van der Waals surface area contributed by atoms with Gasteiger partial charge >= 0.3 is 0 Å². The Labute approximate surface area is 160 Å². The van der Waals surface area contributed by atoms with Crippen LogP contribution in [0.15, 0.2) is 42.5 Å². The van der Waals surface area contributed by atoms with E-state index in [0.717, 1.165) is 30.8 Å². The van der Waals surface area contributed by atoms with E-state index in [-0.39, 0.29) is 22.6 Å². The van der Waals surface area contributed by atoms with Gasteiger partial charge in [-0.3, -0.25) is 9.69 Å². The molecule has 0 saturated carbocycles. The molecule has 0 saturated heterocycles. The van der Waals surface area contributed by atoms with Gasteiger partial charge in [-0.2, -0.15) is 0 Å². The number of benzene rings is 2. The fraction of sp³-hybridized carbons (Fsp3) is 0.150. The number of hydrogen-bond acceptors (Lipinski definition) is 5. The van der Waals surface area contributed by atoms with Gasteiger partial charge in [0, 0.05) is 18.8 Å². The van der Waals surface area contributed by atoms with Crippen molar-refractivity contribution in [2.75, 3.05) is 12.4 Å². The zero-order valence-electron chi connectivity index (χ0n) is 15.0. The molecule has 0 spiro atoms. The third kappa shape index (κ3) is 3.29. The molecular formula is C20H17F2N5O. The van der Waals surface area contributed by atoms with Crippen molar-refractivity contribution in [3.05, 3.63) is 70.9 Å². The van der Waals surface area contributed by atoms with Gasteiger partial charge in [-0.1, -0.05) is 12.1 Å². The summed E-state index contributed by atoms with van der Waals surface area (Å²) < 4.78 is 28.2. The minimum absolute atomic E-state index is 0.0380. The summed E-state index contributed by atoms with van der Waals surface area (Å²) in [5.74, 6) is -2.34. The molecule has 1 aliphatic rings. The standard InChI is InChI=1S/C20H17F2N5O/c1-27-9-11-5-6-13(7-12(11)10-27)24-17-8-16(25-26-19(17)20(23)28)18-14(21)3-2-4-15(18)22/h2-8H,9-10H2,1H3,(H2,23,28)(H,24,25). The molecule has 3 N–H and O–H groups in total. The summed E-state index contributed by atoms with van der Waals surface area (Å²) in [4.78, 5) is 13.9. The predicted molar refractivity (Wildman–Crippen MR) is 101 cm³/mol. The highest BCUT2D eigenvalue weighted by Gasteiger charge is 2.19. The van der Waals surface area contributed by atoms with Gasteiger partial charge in [0.2, 0.25) is 0 Å². The molecule has 0 fully saturated rings. The Morgan fingerprint density at radius 2 is 1.79 bits per heavy atom. The molecule has 0 radical (unpaired) electrons. The maximum absolute atomic E-state index is 14.1. The maximum atomic E-state index is 14.1. The SMILES string of the molecule is CN1Cc2ccc(Nc3cc(-c4c(F)cccc4F)nnc3C(N)=O)cc2C1. The molecule has 28 heavy (non-hydrogen) atoms. The highest BCUT2D eigenvalue weighted by molar-refractivity contribution is 5.97. The van der Waals surface area contributed by atoms with Crippen molar-refractivity contribution in [1.29, 1.82) is 0 Å². The number of aromatic nitrogens is 2. The number of carbonyl (C=O) groups excluding carboxylic acids is 1. The van der Waals surface area contributed by atoms with Crippen molar-refractivity contribution >= 4 is 17.3 Å². The van der Waals surface area contributed by atoms with Crippen LogP contribution in [0.25, 0.3) is 11.3 Å². The van der Waals surface area contributed by atoms with Crippen LogP contribution in [-0.4, -0.2) is 28.1 Å². The van der Waals surface area contributed by atoms with Crippen LogP contribution in [0.5, 0.6) is 0 Å². The van der Waals surface area contributed by atoms with Gasteiger partial charge in [0.1, 0.15) is 17.3 Å². The Bertz CT molecular complexity index is 1070. The summed E-state index contributed by atoms with van der Waals surface area (Å²) >= 11 is 0. The highest BCUT2D eigenvalue weighted by atomic mass is 19.1. The Morgan fingerprint density at radius 1 is 1.07 bits per heavy atom. The number of primary amides is 1. The molecule has 4 rings (SSSR count). The Balaban J connectivity index is 1.75. The molecule has 0 bridgehead atoms. The van der Waals surface area contributed by atoms with E-state index < -0.39 is 17.5 Å². The lowest BCUT2D eigenvalue weighted by atomic mass is 10.1. The number of fused-ring (bicyclic) bond motifs is 1. The third-order valence-electron chi connectivity index (χ3n) is 4.61. The van der Waals surface area contributed by atoms with Gasteiger partial charge in [-0.05, 0) is 48.5 Å². The molecule has 2 aromatic carbocycles. The minimum Gasteiger partial charge on any atom is -0.364 e. The second-order valence-electron chi connectivity index (χ2n) is 6.73. The zero-order chi connectivity index (χ0) is 19.8. The number of amides is 1. The van der Waals surface area contributed by atoms with Crippen LogP contribution in [0.4, 0.5) is 20.2 Å². The fourth-order valence-electron chi connectivity index (χ4n) is 3.33. The normalized spacial score (nSPS) is 13.4. The van der Waals surface area contributed by atoms with Gasteiger partial charge in [0.15, 0.2) is 5.69 Å². The first-order valence-electron chi connectivity index (χ1n) is 8.61. The van der Waals surface area contributed by atoms with E-state index >= 15 is 0 Å². The molecule has 0 aliphatic carbocycles. The molecule has 1 aromatic heterocycles. The fourth-order valence-corrected chi connectivity index (χ4v) is 3.33. The summed E-state index contributed by atoms with van der Waals surface area (Å²) in [7, 11) is 2.03. The van der Waals surface area contributed by atoms with E-state index in [4.69, 9.17) is 5.73 Å². The van der Waals surface area contributed by atoms with E-state index in [1.165, 1.54) is 17.7 Å². The van der Waals surface area contributed by atoms with Gasteiger partial charge in [0.25, 0.3) is 5.91 Å². The molecule has 2 heterocycles. The molecule has 0 atom stereocenters. The summed E-state index contributed by atoms with van der Waals surface area (Å²) in [5.41, 5.74) is 8.25. The quantitative estimate of drug-likeness (QED) is 0.725. The zero-order valence-corrected chi connectivity index (χ0v) is 15.0. The lowest BCUT2D eigenvalue weighted by Gasteiger charge is -2.12. The molecular weight excluding hydrogens is 364 g/mol. The van der Waals surface area contributed by atoms with Crippen molar-refractivity contribution in [3.63, 3.8) is 0 Å². The van der Waals surface area contributed by atoms with E-state index in [2.05, 4.69) is 20.4 Å². The van der Waals surface area contributed by atoms with Crippen LogP contribution in [0.3, 0.4) is 0 Å². The van der Waals surface area contributed by atoms with Crippen molar-refractivity contribution in [2.45, 2.75) is 13.1 Å². The van der Waals surface area contributed by atoms with Gasteiger partial charge < -0.3 is 11.1 Å².